The number of ether oxygens (including phenoxy) is 1. The summed E-state index contributed by atoms with van der Waals surface area (Å²) in [6.45, 7) is 3.68. The van der Waals surface area contributed by atoms with Crippen molar-refractivity contribution in [2.75, 3.05) is 24.7 Å². The van der Waals surface area contributed by atoms with Crippen molar-refractivity contribution in [1.29, 1.82) is 0 Å². The third kappa shape index (κ3) is 4.15. The average Bonchev–Trinajstić information content (AvgIpc) is 3.27. The van der Waals surface area contributed by atoms with Gasteiger partial charge in [-0.1, -0.05) is 0 Å². The van der Waals surface area contributed by atoms with Gasteiger partial charge in [0, 0.05) is 18.7 Å². The molecule has 0 radical (unpaired) electrons. The molecule has 1 saturated heterocycles. The number of fused-ring (bicyclic) bond motifs is 1. The van der Waals surface area contributed by atoms with Gasteiger partial charge in [0.15, 0.2) is 0 Å². The van der Waals surface area contributed by atoms with Gasteiger partial charge in [0.05, 0.1) is 35.6 Å². The Kier molecular flexibility index (Phi) is 5.58. The van der Waals surface area contributed by atoms with Crippen molar-refractivity contribution in [3.05, 3.63) is 59.2 Å². The summed E-state index contributed by atoms with van der Waals surface area (Å²) in [4.78, 5) is 31.8. The number of aryl methyl sites for hydroxylation is 1. The van der Waals surface area contributed by atoms with Gasteiger partial charge < -0.3 is 15.0 Å². The Balaban J connectivity index is 1.49. The number of hydrogen-bond donors (Lipinski definition) is 1. The van der Waals surface area contributed by atoms with Gasteiger partial charge in [0.25, 0.3) is 5.91 Å². The van der Waals surface area contributed by atoms with Crippen LogP contribution in [0, 0.1) is 11.7 Å². The zero-order chi connectivity index (χ0) is 20.4. The molecule has 152 valence electrons. The minimum atomic E-state index is -0.380. The van der Waals surface area contributed by atoms with E-state index in [4.69, 9.17) is 9.72 Å². The number of nitrogens with one attached hydrogen (secondary N) is 1. The number of hydrogen-bond acceptors (Lipinski definition) is 4. The Labute approximate surface area is 169 Å². The fourth-order valence-corrected chi connectivity index (χ4v) is 3.84. The lowest BCUT2D eigenvalue weighted by Crippen LogP contribution is -2.40. The molecular formula is C22H24FN3O3. The third-order valence-corrected chi connectivity index (χ3v) is 5.50. The molecule has 0 bridgehead atoms. The Morgan fingerprint density at radius 2 is 2.03 bits per heavy atom. The molecular weight excluding hydrogens is 373 g/mol. The molecule has 2 aromatic rings. The lowest BCUT2D eigenvalue weighted by molar-refractivity contribution is -0.122. The normalized spacial score (nSPS) is 19.5. The van der Waals surface area contributed by atoms with Gasteiger partial charge in [-0.3, -0.25) is 14.6 Å². The topological polar surface area (TPSA) is 71.5 Å². The van der Waals surface area contributed by atoms with Gasteiger partial charge in [0.2, 0.25) is 5.91 Å². The molecule has 2 amide bonds. The predicted molar refractivity (Wildman–Crippen MR) is 106 cm³/mol. The largest absolute Gasteiger partial charge is 0.381 e. The highest BCUT2D eigenvalue weighted by atomic mass is 19.1. The molecule has 3 heterocycles. The summed E-state index contributed by atoms with van der Waals surface area (Å²) < 4.78 is 18.4. The minimum Gasteiger partial charge on any atom is -0.381 e. The van der Waals surface area contributed by atoms with Gasteiger partial charge in [-0.15, -0.1) is 0 Å². The smallest absolute Gasteiger partial charge is 0.251 e. The van der Waals surface area contributed by atoms with E-state index in [-0.39, 0.29) is 29.6 Å². The van der Waals surface area contributed by atoms with Crippen molar-refractivity contribution >= 4 is 17.5 Å². The first-order valence-electron chi connectivity index (χ1n) is 9.98. The number of benzene rings is 1. The van der Waals surface area contributed by atoms with E-state index in [1.807, 2.05) is 24.0 Å². The monoisotopic (exact) mass is 397 g/mol. The molecule has 2 atom stereocenters. The molecule has 6 nitrogen and oxygen atoms in total. The molecule has 1 aromatic carbocycles. The highest BCUT2D eigenvalue weighted by Crippen LogP contribution is 2.30. The maximum absolute atomic E-state index is 13.0. The first-order valence-corrected chi connectivity index (χ1v) is 9.98. The molecule has 0 spiro atoms. The van der Waals surface area contributed by atoms with Crippen molar-refractivity contribution in [3.63, 3.8) is 0 Å². The number of amides is 2. The van der Waals surface area contributed by atoms with Crippen molar-refractivity contribution in [3.8, 4) is 0 Å². The van der Waals surface area contributed by atoms with Crippen LogP contribution in [0.5, 0.6) is 0 Å². The number of pyridine rings is 1. The van der Waals surface area contributed by atoms with Crippen molar-refractivity contribution in [1.82, 2.24) is 10.3 Å². The van der Waals surface area contributed by atoms with Crippen LogP contribution in [0.4, 0.5) is 10.1 Å². The number of nitrogens with zero attached hydrogens (tertiary/aromatic N) is 2. The number of carbonyl (C=O) groups is 2. The van der Waals surface area contributed by atoms with Gasteiger partial charge in [-0.2, -0.15) is 0 Å². The number of aromatic nitrogens is 1. The van der Waals surface area contributed by atoms with Gasteiger partial charge in [-0.25, -0.2) is 4.39 Å². The summed E-state index contributed by atoms with van der Waals surface area (Å²) in [6.07, 6.45) is 2.43. The van der Waals surface area contributed by atoms with E-state index in [0.717, 1.165) is 36.3 Å². The molecule has 2 aliphatic rings. The quantitative estimate of drug-likeness (QED) is 0.861. The summed E-state index contributed by atoms with van der Waals surface area (Å²) in [5.74, 6) is -0.630. The van der Waals surface area contributed by atoms with E-state index in [2.05, 4.69) is 5.32 Å². The van der Waals surface area contributed by atoms with Crippen molar-refractivity contribution in [2.24, 2.45) is 5.92 Å². The van der Waals surface area contributed by atoms with Crippen LogP contribution < -0.4 is 10.2 Å². The molecule has 1 N–H and O–H groups in total. The summed E-state index contributed by atoms with van der Waals surface area (Å²) in [6, 6.07) is 8.89. The van der Waals surface area contributed by atoms with Crippen LogP contribution in [0.15, 0.2) is 36.4 Å². The van der Waals surface area contributed by atoms with E-state index >= 15 is 0 Å². The summed E-state index contributed by atoms with van der Waals surface area (Å²) >= 11 is 0. The molecule has 4 rings (SSSR count). The highest BCUT2D eigenvalue weighted by Gasteiger charge is 2.32. The van der Waals surface area contributed by atoms with Crippen LogP contribution in [0.2, 0.25) is 0 Å². The standard InChI is InChI=1S/C22H24FN3O3/c1-14(24-21(27)15-4-6-17(23)7-5-15)18-8-9-20-19(25-18)3-2-11-26(20)22(28)16-10-12-29-13-16/h4-9,14,16H,2-3,10-13H2,1H3,(H,24,27)/t14?,16-/m0/s1. The lowest BCUT2D eigenvalue weighted by atomic mass is 10.0. The second kappa shape index (κ2) is 8.29. The predicted octanol–water partition coefficient (Wildman–Crippen LogP) is 3.03. The number of rotatable bonds is 4. The molecule has 0 aliphatic carbocycles. The molecule has 29 heavy (non-hydrogen) atoms. The van der Waals surface area contributed by atoms with Crippen molar-refractivity contribution < 1.29 is 18.7 Å². The van der Waals surface area contributed by atoms with Crippen LogP contribution >= 0.6 is 0 Å². The third-order valence-electron chi connectivity index (χ3n) is 5.50. The lowest BCUT2D eigenvalue weighted by Gasteiger charge is -2.31. The Hall–Kier alpha value is -2.80. The molecule has 0 saturated carbocycles. The van der Waals surface area contributed by atoms with Gasteiger partial charge in [0.1, 0.15) is 5.82 Å². The van der Waals surface area contributed by atoms with Crippen LogP contribution in [0.25, 0.3) is 0 Å². The second-order valence-electron chi connectivity index (χ2n) is 7.56. The first-order chi connectivity index (χ1) is 14.0. The van der Waals surface area contributed by atoms with Crippen LogP contribution in [0.1, 0.15) is 47.6 Å². The fraction of sp³-hybridized carbons (Fsp3) is 0.409. The van der Waals surface area contributed by atoms with Crippen molar-refractivity contribution in [2.45, 2.75) is 32.2 Å². The van der Waals surface area contributed by atoms with E-state index in [0.29, 0.717) is 25.3 Å². The SMILES string of the molecule is CC(NC(=O)c1ccc(F)cc1)c1ccc2c(n1)CCCN2C(=O)[C@H]1CCOC1. The molecule has 7 heteroatoms. The number of carbonyl (C=O) groups excluding carboxylic acids is 2. The Bertz CT molecular complexity index is 910. The zero-order valence-corrected chi connectivity index (χ0v) is 16.4. The molecule has 1 fully saturated rings. The van der Waals surface area contributed by atoms with E-state index < -0.39 is 0 Å². The summed E-state index contributed by atoms with van der Waals surface area (Å²) in [5.41, 5.74) is 2.86. The number of anilines is 1. The maximum Gasteiger partial charge on any atom is 0.251 e. The second-order valence-corrected chi connectivity index (χ2v) is 7.56. The zero-order valence-electron chi connectivity index (χ0n) is 16.4. The van der Waals surface area contributed by atoms with E-state index in [1.165, 1.54) is 24.3 Å². The van der Waals surface area contributed by atoms with E-state index in [1.54, 1.807) is 0 Å². The summed E-state index contributed by atoms with van der Waals surface area (Å²) in [5, 5.41) is 2.90. The van der Waals surface area contributed by atoms with Gasteiger partial charge in [-0.05, 0) is 62.6 Å². The highest BCUT2D eigenvalue weighted by molar-refractivity contribution is 5.96. The van der Waals surface area contributed by atoms with Gasteiger partial charge >= 0.3 is 0 Å². The minimum absolute atomic E-state index is 0.0745. The van der Waals surface area contributed by atoms with Crippen LogP contribution in [0.3, 0.4) is 0 Å². The average molecular weight is 397 g/mol. The number of halogens is 1. The Morgan fingerprint density at radius 1 is 1.24 bits per heavy atom. The van der Waals surface area contributed by atoms with Crippen LogP contribution in [-0.2, 0) is 16.0 Å². The fourth-order valence-electron chi connectivity index (χ4n) is 3.84. The Morgan fingerprint density at radius 3 is 2.76 bits per heavy atom. The molecule has 1 aromatic heterocycles. The van der Waals surface area contributed by atoms with E-state index in [9.17, 15) is 14.0 Å². The maximum atomic E-state index is 13.0. The molecule has 1 unspecified atom stereocenters. The van der Waals surface area contributed by atoms with Crippen LogP contribution in [-0.4, -0.2) is 36.6 Å². The summed E-state index contributed by atoms with van der Waals surface area (Å²) in [7, 11) is 0. The molecule has 2 aliphatic heterocycles. The first kappa shape index (κ1) is 19.5.